The first-order valence-corrected chi connectivity index (χ1v) is 11.8. The van der Waals surface area contributed by atoms with Crippen LogP contribution in [0.3, 0.4) is 0 Å². The lowest BCUT2D eigenvalue weighted by atomic mass is 10.1. The van der Waals surface area contributed by atoms with E-state index in [2.05, 4.69) is 15.1 Å². The number of alkyl halides is 3. The Kier molecular flexibility index (Phi) is 5.36. The second-order valence-corrected chi connectivity index (χ2v) is 9.80. The van der Waals surface area contributed by atoms with Crippen molar-refractivity contribution in [3.63, 3.8) is 0 Å². The molecule has 1 aromatic heterocycles. The van der Waals surface area contributed by atoms with E-state index in [1.165, 1.54) is 6.07 Å². The summed E-state index contributed by atoms with van der Waals surface area (Å²) in [5, 5.41) is 8.15. The molecule has 0 radical (unpaired) electrons. The molecule has 2 heterocycles. The van der Waals surface area contributed by atoms with Crippen LogP contribution in [0.25, 0.3) is 21.9 Å². The van der Waals surface area contributed by atoms with Gasteiger partial charge in [0.05, 0.1) is 16.1 Å². The highest BCUT2D eigenvalue weighted by atomic mass is 32.2. The van der Waals surface area contributed by atoms with Gasteiger partial charge in [0.15, 0.2) is 5.58 Å². The number of ether oxygens (including phenoxy) is 1. The van der Waals surface area contributed by atoms with Crippen molar-refractivity contribution in [1.82, 2.24) is 15.3 Å². The molecule has 5 rings (SSSR count). The third-order valence-electron chi connectivity index (χ3n) is 5.69. The minimum absolute atomic E-state index is 0.0585. The van der Waals surface area contributed by atoms with Crippen molar-refractivity contribution >= 4 is 37.6 Å². The zero-order valence-corrected chi connectivity index (χ0v) is 18.7. The normalized spacial score (nSPS) is 17.5. The van der Waals surface area contributed by atoms with Crippen LogP contribution in [0.4, 0.5) is 18.9 Å². The van der Waals surface area contributed by atoms with Crippen LogP contribution in [0.5, 0.6) is 5.75 Å². The molecule has 0 saturated carbocycles. The average molecular weight is 492 g/mol. The Morgan fingerprint density at radius 3 is 2.62 bits per heavy atom. The minimum Gasteiger partial charge on any atom is -0.488 e. The first-order valence-electron chi connectivity index (χ1n) is 10.3. The number of likely N-dealkylation sites (tertiary alicyclic amines) is 1. The Balaban J connectivity index is 1.54. The summed E-state index contributed by atoms with van der Waals surface area (Å²) in [5.74, 6) is -0.422. The van der Waals surface area contributed by atoms with E-state index in [4.69, 9.17) is 9.26 Å². The summed E-state index contributed by atoms with van der Waals surface area (Å²) >= 11 is 0. The molecule has 34 heavy (non-hydrogen) atoms. The molecule has 178 valence electrons. The molecule has 0 bridgehead atoms. The van der Waals surface area contributed by atoms with Gasteiger partial charge in [0.2, 0.25) is 0 Å². The van der Waals surface area contributed by atoms with E-state index in [-0.39, 0.29) is 16.1 Å². The van der Waals surface area contributed by atoms with E-state index >= 15 is 0 Å². The molecule has 1 atom stereocenters. The molecule has 8 nitrogen and oxygen atoms in total. The number of aromatic nitrogens is 2. The van der Waals surface area contributed by atoms with Gasteiger partial charge >= 0.3 is 6.18 Å². The number of likely N-dealkylation sites (N-methyl/N-ethyl adjacent to an activating group) is 1. The Bertz CT molecular complexity index is 1490. The molecule has 1 N–H and O–H groups in total. The van der Waals surface area contributed by atoms with Crippen molar-refractivity contribution in [2.75, 3.05) is 24.9 Å². The molecular formula is C22H19F3N4O4S. The summed E-state index contributed by atoms with van der Waals surface area (Å²) in [6.07, 6.45) is -4.51. The van der Waals surface area contributed by atoms with Gasteiger partial charge in [-0.25, -0.2) is 8.42 Å². The number of halogens is 3. The summed E-state index contributed by atoms with van der Waals surface area (Å²) in [6.45, 7) is 1.18. The van der Waals surface area contributed by atoms with Crippen LogP contribution in [0.1, 0.15) is 12.0 Å². The third kappa shape index (κ3) is 4.14. The highest BCUT2D eigenvalue weighted by Gasteiger charge is 2.36. The van der Waals surface area contributed by atoms with Gasteiger partial charge in [-0.05, 0) is 31.7 Å². The van der Waals surface area contributed by atoms with Crippen molar-refractivity contribution < 1.29 is 30.8 Å². The third-order valence-corrected chi connectivity index (χ3v) is 7.11. The number of hydrogen-bond acceptors (Lipinski definition) is 7. The van der Waals surface area contributed by atoms with Gasteiger partial charge in [-0.2, -0.15) is 13.2 Å². The van der Waals surface area contributed by atoms with E-state index < -0.39 is 33.6 Å². The maximum Gasteiger partial charge on any atom is 0.419 e. The van der Waals surface area contributed by atoms with Gasteiger partial charge in [-0.3, -0.25) is 4.72 Å². The molecule has 0 spiro atoms. The molecule has 4 aromatic rings. The first-order chi connectivity index (χ1) is 16.1. The van der Waals surface area contributed by atoms with Crippen LogP contribution < -0.4 is 9.46 Å². The fourth-order valence-corrected chi connectivity index (χ4v) is 5.38. The number of anilines is 1. The van der Waals surface area contributed by atoms with Crippen molar-refractivity contribution in [3.8, 4) is 5.75 Å². The van der Waals surface area contributed by atoms with Crippen molar-refractivity contribution in [1.29, 1.82) is 0 Å². The summed E-state index contributed by atoms with van der Waals surface area (Å²) in [4.78, 5) is 1.84. The molecule has 1 saturated heterocycles. The first kappa shape index (κ1) is 22.4. The van der Waals surface area contributed by atoms with Crippen LogP contribution in [0.2, 0.25) is 0 Å². The number of rotatable bonds is 5. The quantitative estimate of drug-likeness (QED) is 0.444. The monoisotopic (exact) mass is 492 g/mol. The fourth-order valence-electron chi connectivity index (χ4n) is 4.10. The number of nitrogens with zero attached hydrogens (tertiary/aromatic N) is 3. The molecule has 1 aliphatic heterocycles. The second kappa shape index (κ2) is 8.13. The highest BCUT2D eigenvalue weighted by Crippen LogP contribution is 2.39. The van der Waals surface area contributed by atoms with Crippen LogP contribution in [-0.4, -0.2) is 49.9 Å². The molecule has 0 amide bonds. The molecule has 0 aliphatic carbocycles. The summed E-state index contributed by atoms with van der Waals surface area (Å²) in [6, 6.07) is 10.9. The lowest BCUT2D eigenvalue weighted by molar-refractivity contribution is -0.139. The van der Waals surface area contributed by atoms with Gasteiger partial charge in [0, 0.05) is 35.2 Å². The van der Waals surface area contributed by atoms with Crippen LogP contribution in [-0.2, 0) is 16.2 Å². The SMILES string of the molecule is CN1CC[C@@H](Oc2cc(NS(=O)(=O)c3cc4nnoc4c4ccccc34)ccc2C(F)(F)F)C1. The summed E-state index contributed by atoms with van der Waals surface area (Å²) in [7, 11) is -2.36. The van der Waals surface area contributed by atoms with Crippen molar-refractivity contribution in [2.24, 2.45) is 0 Å². The number of benzene rings is 3. The van der Waals surface area contributed by atoms with Gasteiger partial charge in [-0.15, -0.1) is 5.10 Å². The van der Waals surface area contributed by atoms with E-state index in [9.17, 15) is 21.6 Å². The lowest BCUT2D eigenvalue weighted by Crippen LogP contribution is -2.23. The molecule has 1 aliphatic rings. The smallest absolute Gasteiger partial charge is 0.419 e. The zero-order chi connectivity index (χ0) is 24.1. The number of nitrogens with one attached hydrogen (secondary N) is 1. The summed E-state index contributed by atoms with van der Waals surface area (Å²) in [5.41, 5.74) is -0.454. The Hall–Kier alpha value is -3.38. The van der Waals surface area contributed by atoms with Gasteiger partial charge in [0.25, 0.3) is 10.0 Å². The molecule has 12 heteroatoms. The topological polar surface area (TPSA) is 97.6 Å². The predicted octanol–water partition coefficient (Wildman–Crippen LogP) is 4.28. The lowest BCUT2D eigenvalue weighted by Gasteiger charge is -2.19. The van der Waals surface area contributed by atoms with E-state index in [0.717, 1.165) is 18.2 Å². The van der Waals surface area contributed by atoms with Gasteiger partial charge < -0.3 is 14.2 Å². The maximum absolute atomic E-state index is 13.6. The number of hydrogen-bond donors (Lipinski definition) is 1. The second-order valence-electron chi connectivity index (χ2n) is 8.15. The van der Waals surface area contributed by atoms with Gasteiger partial charge in [-0.1, -0.05) is 24.3 Å². The van der Waals surface area contributed by atoms with Gasteiger partial charge in [0.1, 0.15) is 17.4 Å². The highest BCUT2D eigenvalue weighted by molar-refractivity contribution is 7.93. The fraction of sp³-hybridized carbons (Fsp3) is 0.273. The number of sulfonamides is 1. The molecule has 3 aromatic carbocycles. The van der Waals surface area contributed by atoms with E-state index in [1.807, 2.05) is 11.9 Å². The van der Waals surface area contributed by atoms with Crippen LogP contribution in [0, 0.1) is 0 Å². The predicted molar refractivity (Wildman–Crippen MR) is 118 cm³/mol. The summed E-state index contributed by atoms with van der Waals surface area (Å²) < 4.78 is 80.5. The number of fused-ring (bicyclic) bond motifs is 3. The Morgan fingerprint density at radius 2 is 1.91 bits per heavy atom. The minimum atomic E-state index is -4.65. The largest absolute Gasteiger partial charge is 0.488 e. The standard InChI is InChI=1S/C22H19F3N4O4S/c1-29-9-8-14(12-29)32-19-10-13(6-7-17(19)22(23,24)25)27-34(30,31)20-11-18-21(33-28-26-18)16-5-3-2-4-15(16)20/h2-7,10-11,14,27H,8-9,12H2,1H3/t14-/m1/s1. The van der Waals surface area contributed by atoms with E-state index in [1.54, 1.807) is 24.3 Å². The van der Waals surface area contributed by atoms with Crippen LogP contribution >= 0.6 is 0 Å². The zero-order valence-electron chi connectivity index (χ0n) is 17.8. The van der Waals surface area contributed by atoms with Crippen molar-refractivity contribution in [2.45, 2.75) is 23.6 Å². The molecule has 0 unspecified atom stereocenters. The van der Waals surface area contributed by atoms with Crippen LogP contribution in [0.15, 0.2) is 57.9 Å². The van der Waals surface area contributed by atoms with Crippen molar-refractivity contribution in [3.05, 3.63) is 54.1 Å². The maximum atomic E-state index is 13.6. The Morgan fingerprint density at radius 1 is 1.15 bits per heavy atom. The Labute approximate surface area is 192 Å². The average Bonchev–Trinajstić information content (AvgIpc) is 3.41. The molecular weight excluding hydrogens is 473 g/mol. The molecule has 1 fully saturated rings. The van der Waals surface area contributed by atoms with E-state index in [0.29, 0.717) is 35.9 Å².